The molecule has 0 saturated heterocycles. The van der Waals surface area contributed by atoms with Gasteiger partial charge in [0.25, 0.3) is 0 Å². The standard InChI is InChI=1S/C14H20N2O2/c1-11-10-16(13-7-4-3-6-12(11)13)14(17)15-8-5-9-18-2/h3-4,6-7,11H,5,8-10H2,1-2H3,(H,15,17). The van der Waals surface area contributed by atoms with Crippen LogP contribution in [0.2, 0.25) is 0 Å². The molecule has 0 bridgehead atoms. The quantitative estimate of drug-likeness (QED) is 0.831. The number of fused-ring (bicyclic) bond motifs is 1. The van der Waals surface area contributed by atoms with Gasteiger partial charge < -0.3 is 10.1 Å². The van der Waals surface area contributed by atoms with Crippen LogP contribution in [-0.4, -0.2) is 32.8 Å². The van der Waals surface area contributed by atoms with Crippen molar-refractivity contribution in [3.63, 3.8) is 0 Å². The molecule has 0 saturated carbocycles. The summed E-state index contributed by atoms with van der Waals surface area (Å²) in [5.41, 5.74) is 2.29. The fourth-order valence-electron chi connectivity index (χ4n) is 2.32. The van der Waals surface area contributed by atoms with Gasteiger partial charge in [0.15, 0.2) is 0 Å². The second-order valence-electron chi connectivity index (χ2n) is 4.65. The first-order chi connectivity index (χ1) is 8.74. The molecule has 0 aromatic heterocycles. The molecule has 0 fully saturated rings. The number of ether oxygens (including phenoxy) is 1. The highest BCUT2D eigenvalue weighted by molar-refractivity contribution is 5.94. The summed E-state index contributed by atoms with van der Waals surface area (Å²) in [4.78, 5) is 13.9. The van der Waals surface area contributed by atoms with Crippen LogP contribution in [-0.2, 0) is 4.74 Å². The number of nitrogens with one attached hydrogen (secondary N) is 1. The highest BCUT2D eigenvalue weighted by Crippen LogP contribution is 2.35. The van der Waals surface area contributed by atoms with Crippen LogP contribution in [0.1, 0.15) is 24.8 Å². The van der Waals surface area contributed by atoms with Crippen molar-refractivity contribution < 1.29 is 9.53 Å². The fraction of sp³-hybridized carbons (Fsp3) is 0.500. The zero-order valence-corrected chi connectivity index (χ0v) is 11.0. The summed E-state index contributed by atoms with van der Waals surface area (Å²) in [5.74, 6) is 0.408. The number of anilines is 1. The largest absolute Gasteiger partial charge is 0.385 e. The lowest BCUT2D eigenvalue weighted by Crippen LogP contribution is -2.39. The van der Waals surface area contributed by atoms with E-state index in [1.165, 1.54) is 5.56 Å². The average Bonchev–Trinajstić information content (AvgIpc) is 2.73. The van der Waals surface area contributed by atoms with E-state index in [1.807, 2.05) is 23.1 Å². The number of amides is 2. The Kier molecular flexibility index (Phi) is 4.20. The molecule has 98 valence electrons. The SMILES string of the molecule is COCCCNC(=O)N1CC(C)c2ccccc21. The Morgan fingerprint density at radius 1 is 1.50 bits per heavy atom. The highest BCUT2D eigenvalue weighted by atomic mass is 16.5. The average molecular weight is 248 g/mol. The van der Waals surface area contributed by atoms with E-state index < -0.39 is 0 Å². The maximum atomic E-state index is 12.1. The van der Waals surface area contributed by atoms with Gasteiger partial charge in [0.1, 0.15) is 0 Å². The maximum absolute atomic E-state index is 12.1. The molecule has 1 aliphatic rings. The van der Waals surface area contributed by atoms with E-state index in [-0.39, 0.29) is 6.03 Å². The molecule has 0 spiro atoms. The summed E-state index contributed by atoms with van der Waals surface area (Å²) in [6.45, 7) is 4.24. The number of benzene rings is 1. The van der Waals surface area contributed by atoms with Crippen molar-refractivity contribution in [3.8, 4) is 0 Å². The lowest BCUT2D eigenvalue weighted by atomic mass is 10.0. The molecule has 1 aromatic carbocycles. The Morgan fingerprint density at radius 2 is 2.28 bits per heavy atom. The molecule has 1 unspecified atom stereocenters. The molecule has 0 aliphatic carbocycles. The van der Waals surface area contributed by atoms with Crippen molar-refractivity contribution in [2.45, 2.75) is 19.3 Å². The topological polar surface area (TPSA) is 41.6 Å². The lowest BCUT2D eigenvalue weighted by molar-refractivity contribution is 0.194. The molecule has 1 aliphatic heterocycles. The first-order valence-corrected chi connectivity index (χ1v) is 6.37. The highest BCUT2D eigenvalue weighted by Gasteiger charge is 2.28. The van der Waals surface area contributed by atoms with Gasteiger partial charge in [-0.1, -0.05) is 25.1 Å². The van der Waals surface area contributed by atoms with Gasteiger partial charge in [-0.2, -0.15) is 0 Å². The van der Waals surface area contributed by atoms with Gasteiger partial charge >= 0.3 is 6.03 Å². The van der Waals surface area contributed by atoms with Gasteiger partial charge in [0.05, 0.1) is 0 Å². The number of carbonyl (C=O) groups is 1. The molecule has 1 aromatic rings. The van der Waals surface area contributed by atoms with Crippen molar-refractivity contribution in [1.29, 1.82) is 0 Å². The number of hydrogen-bond donors (Lipinski definition) is 1. The van der Waals surface area contributed by atoms with Crippen molar-refractivity contribution >= 4 is 11.7 Å². The van der Waals surface area contributed by atoms with E-state index in [0.717, 1.165) is 18.7 Å². The number of urea groups is 1. The third-order valence-electron chi connectivity index (χ3n) is 3.26. The predicted molar refractivity (Wildman–Crippen MR) is 72.1 cm³/mol. The Labute approximate surface area is 108 Å². The molecule has 1 N–H and O–H groups in total. The molecule has 4 heteroatoms. The lowest BCUT2D eigenvalue weighted by Gasteiger charge is -2.18. The van der Waals surface area contributed by atoms with E-state index in [0.29, 0.717) is 19.1 Å². The van der Waals surface area contributed by atoms with Gasteiger partial charge in [-0.15, -0.1) is 0 Å². The molecule has 0 radical (unpaired) electrons. The van der Waals surface area contributed by atoms with Crippen LogP contribution < -0.4 is 10.2 Å². The van der Waals surface area contributed by atoms with Crippen LogP contribution in [0.3, 0.4) is 0 Å². The summed E-state index contributed by atoms with van der Waals surface area (Å²) in [5, 5.41) is 2.93. The van der Waals surface area contributed by atoms with E-state index in [2.05, 4.69) is 18.3 Å². The van der Waals surface area contributed by atoms with Crippen LogP contribution in [0.4, 0.5) is 10.5 Å². The van der Waals surface area contributed by atoms with E-state index in [4.69, 9.17) is 4.74 Å². The Bertz CT molecular complexity index is 420. The normalized spacial score (nSPS) is 17.7. The van der Waals surface area contributed by atoms with E-state index in [9.17, 15) is 4.79 Å². The Hall–Kier alpha value is -1.55. The minimum Gasteiger partial charge on any atom is -0.385 e. The van der Waals surface area contributed by atoms with Crippen LogP contribution in [0, 0.1) is 0 Å². The number of carbonyl (C=O) groups excluding carboxylic acids is 1. The molecule has 2 amide bonds. The fourth-order valence-corrected chi connectivity index (χ4v) is 2.32. The molecular formula is C14H20N2O2. The number of hydrogen-bond acceptors (Lipinski definition) is 2. The zero-order chi connectivity index (χ0) is 13.0. The Morgan fingerprint density at radius 3 is 3.06 bits per heavy atom. The Balaban J connectivity index is 1.96. The summed E-state index contributed by atoms with van der Waals surface area (Å²) in [6.07, 6.45) is 0.841. The van der Waals surface area contributed by atoms with Gasteiger partial charge in [-0.3, -0.25) is 4.90 Å². The van der Waals surface area contributed by atoms with Crippen molar-refractivity contribution in [2.24, 2.45) is 0 Å². The van der Waals surface area contributed by atoms with Crippen LogP contribution in [0.25, 0.3) is 0 Å². The first-order valence-electron chi connectivity index (χ1n) is 6.37. The van der Waals surface area contributed by atoms with Gasteiger partial charge in [-0.05, 0) is 18.1 Å². The molecule has 2 rings (SSSR count). The third-order valence-corrected chi connectivity index (χ3v) is 3.26. The summed E-state index contributed by atoms with van der Waals surface area (Å²) in [6, 6.07) is 8.09. The predicted octanol–water partition coefficient (Wildman–Crippen LogP) is 2.36. The third kappa shape index (κ3) is 2.64. The monoisotopic (exact) mass is 248 g/mol. The summed E-state index contributed by atoms with van der Waals surface area (Å²) in [7, 11) is 1.67. The van der Waals surface area contributed by atoms with Crippen molar-refractivity contribution in [2.75, 3.05) is 31.7 Å². The van der Waals surface area contributed by atoms with E-state index >= 15 is 0 Å². The minimum absolute atomic E-state index is 0.0112. The summed E-state index contributed by atoms with van der Waals surface area (Å²) < 4.78 is 4.96. The molecule has 18 heavy (non-hydrogen) atoms. The summed E-state index contributed by atoms with van der Waals surface area (Å²) >= 11 is 0. The van der Waals surface area contributed by atoms with Gasteiger partial charge in [0, 0.05) is 38.4 Å². The molecule has 1 heterocycles. The number of nitrogens with zero attached hydrogens (tertiary/aromatic N) is 1. The minimum atomic E-state index is -0.0112. The smallest absolute Gasteiger partial charge is 0.321 e. The van der Waals surface area contributed by atoms with Gasteiger partial charge in [0.2, 0.25) is 0 Å². The maximum Gasteiger partial charge on any atom is 0.321 e. The number of rotatable bonds is 4. The number of para-hydroxylation sites is 1. The van der Waals surface area contributed by atoms with E-state index in [1.54, 1.807) is 7.11 Å². The molecule has 4 nitrogen and oxygen atoms in total. The van der Waals surface area contributed by atoms with Gasteiger partial charge in [-0.25, -0.2) is 4.79 Å². The zero-order valence-electron chi connectivity index (χ0n) is 11.0. The molecular weight excluding hydrogens is 228 g/mol. The second-order valence-corrected chi connectivity index (χ2v) is 4.65. The van der Waals surface area contributed by atoms with Crippen molar-refractivity contribution in [1.82, 2.24) is 5.32 Å². The van der Waals surface area contributed by atoms with Crippen LogP contribution in [0.5, 0.6) is 0 Å². The number of methoxy groups -OCH3 is 1. The van der Waals surface area contributed by atoms with Crippen LogP contribution in [0.15, 0.2) is 24.3 Å². The van der Waals surface area contributed by atoms with Crippen molar-refractivity contribution in [3.05, 3.63) is 29.8 Å². The first kappa shape index (κ1) is 12.9. The van der Waals surface area contributed by atoms with Crippen LogP contribution >= 0.6 is 0 Å². The second kappa shape index (κ2) is 5.87. The molecule has 1 atom stereocenters.